The van der Waals surface area contributed by atoms with Crippen molar-refractivity contribution in [2.24, 2.45) is 0 Å². The number of halogens is 1. The fourth-order valence-electron chi connectivity index (χ4n) is 1.27. The molecule has 2 aromatic rings. The van der Waals surface area contributed by atoms with Gasteiger partial charge in [-0.3, -0.25) is 0 Å². The lowest BCUT2D eigenvalue weighted by molar-refractivity contribution is 0.199. The normalized spacial score (nSPS) is 12.7. The van der Waals surface area contributed by atoms with Crippen LogP contribution in [-0.2, 0) is 0 Å². The zero-order valence-corrected chi connectivity index (χ0v) is 12.6. The van der Waals surface area contributed by atoms with Crippen molar-refractivity contribution in [3.63, 3.8) is 0 Å². The molecule has 1 aromatic heterocycles. The van der Waals surface area contributed by atoms with Crippen LogP contribution in [0.3, 0.4) is 0 Å². The van der Waals surface area contributed by atoms with Crippen molar-refractivity contribution < 1.29 is 5.11 Å². The van der Waals surface area contributed by atoms with Gasteiger partial charge in [0, 0.05) is 9.37 Å². The van der Waals surface area contributed by atoms with Crippen molar-refractivity contribution in [2.75, 3.05) is 0 Å². The summed E-state index contributed by atoms with van der Waals surface area (Å²) >= 11 is 6.47. The third-order valence-electron chi connectivity index (χ3n) is 2.14. The van der Waals surface area contributed by atoms with Crippen molar-refractivity contribution in [1.29, 1.82) is 0 Å². The number of rotatable bonds is 3. The summed E-state index contributed by atoms with van der Waals surface area (Å²) in [7, 11) is 0. The second kappa shape index (κ2) is 5.48. The summed E-state index contributed by atoms with van der Waals surface area (Å²) < 4.78 is 6.03. The van der Waals surface area contributed by atoms with Crippen molar-refractivity contribution in [1.82, 2.24) is 9.36 Å². The number of aliphatic hydroxyl groups is 1. The average Bonchev–Trinajstić information content (AvgIpc) is 2.67. The van der Waals surface area contributed by atoms with E-state index < -0.39 is 6.10 Å². The van der Waals surface area contributed by atoms with Crippen molar-refractivity contribution in [3.8, 4) is 0 Å². The molecule has 0 unspecified atom stereocenters. The van der Waals surface area contributed by atoms with Crippen LogP contribution in [0.5, 0.6) is 0 Å². The Labute approximate surface area is 117 Å². The van der Waals surface area contributed by atoms with Crippen molar-refractivity contribution >= 4 is 39.2 Å². The first-order valence-corrected chi connectivity index (χ1v) is 7.40. The molecule has 0 bridgehead atoms. The van der Waals surface area contributed by atoms with E-state index in [0.29, 0.717) is 0 Å². The molecule has 0 spiro atoms. The molecule has 0 saturated heterocycles. The molecule has 90 valence electrons. The summed E-state index contributed by atoms with van der Waals surface area (Å²) in [6.45, 7) is 3.63. The second-order valence-corrected chi connectivity index (χ2v) is 6.47. The number of aromatic nitrogens is 2. The molecule has 0 radical (unpaired) electrons. The minimum atomic E-state index is -0.450. The topological polar surface area (TPSA) is 46.0 Å². The molecule has 1 N–H and O–H groups in total. The quantitative estimate of drug-likeness (QED) is 0.929. The van der Waals surface area contributed by atoms with Crippen LogP contribution in [0.1, 0.15) is 24.4 Å². The maximum Gasteiger partial charge on any atom is 0.174 e. The van der Waals surface area contributed by atoms with E-state index in [2.05, 4.69) is 25.3 Å². The van der Waals surface area contributed by atoms with E-state index in [1.165, 1.54) is 11.5 Å². The Bertz CT molecular complexity index is 528. The van der Waals surface area contributed by atoms with Gasteiger partial charge < -0.3 is 5.11 Å². The molecule has 0 aliphatic rings. The largest absolute Gasteiger partial charge is 0.389 e. The van der Waals surface area contributed by atoms with Gasteiger partial charge in [-0.15, -0.1) is 0 Å². The molecule has 6 heteroatoms. The summed E-state index contributed by atoms with van der Waals surface area (Å²) in [6, 6.07) is 5.83. The van der Waals surface area contributed by atoms with Crippen molar-refractivity contribution in [2.45, 2.75) is 29.2 Å². The SMILES string of the molecule is Cc1nsc(Sc2ccc([C@@H](C)O)cc2Br)n1. The van der Waals surface area contributed by atoms with E-state index >= 15 is 0 Å². The van der Waals surface area contributed by atoms with Gasteiger partial charge in [0.25, 0.3) is 0 Å². The molecular formula is C11H11BrN2OS2. The third kappa shape index (κ3) is 3.28. The first-order valence-electron chi connectivity index (χ1n) is 5.02. The Balaban J connectivity index is 2.22. The van der Waals surface area contributed by atoms with Crippen LogP contribution in [0.2, 0.25) is 0 Å². The fourth-order valence-corrected chi connectivity index (χ4v) is 3.53. The Hall–Kier alpha value is -0.430. The molecule has 0 aliphatic heterocycles. The molecule has 2 rings (SSSR count). The van der Waals surface area contributed by atoms with Crippen LogP contribution in [0.15, 0.2) is 31.9 Å². The molecular weight excluding hydrogens is 320 g/mol. The number of nitrogens with zero attached hydrogens (tertiary/aromatic N) is 2. The lowest BCUT2D eigenvalue weighted by atomic mass is 10.1. The molecule has 0 amide bonds. The number of aliphatic hydroxyl groups excluding tert-OH is 1. The van der Waals surface area contributed by atoms with Gasteiger partial charge in [-0.2, -0.15) is 4.37 Å². The van der Waals surface area contributed by atoms with E-state index in [4.69, 9.17) is 0 Å². The van der Waals surface area contributed by atoms with Crippen LogP contribution in [0.4, 0.5) is 0 Å². The van der Waals surface area contributed by atoms with Gasteiger partial charge in [-0.1, -0.05) is 17.8 Å². The molecule has 0 fully saturated rings. The smallest absolute Gasteiger partial charge is 0.174 e. The van der Waals surface area contributed by atoms with E-state index in [1.807, 2.05) is 25.1 Å². The molecule has 17 heavy (non-hydrogen) atoms. The predicted octanol–water partition coefficient (Wildman–Crippen LogP) is 3.81. The van der Waals surface area contributed by atoms with Gasteiger partial charge in [0.2, 0.25) is 0 Å². The summed E-state index contributed by atoms with van der Waals surface area (Å²) in [5.41, 5.74) is 0.898. The van der Waals surface area contributed by atoms with Gasteiger partial charge in [0.1, 0.15) is 5.82 Å². The zero-order chi connectivity index (χ0) is 12.4. The van der Waals surface area contributed by atoms with E-state index in [0.717, 1.165) is 25.1 Å². The highest BCUT2D eigenvalue weighted by atomic mass is 79.9. The molecule has 0 aliphatic carbocycles. The van der Waals surface area contributed by atoms with E-state index in [1.54, 1.807) is 18.7 Å². The molecule has 0 saturated carbocycles. The number of benzene rings is 1. The second-order valence-electron chi connectivity index (χ2n) is 3.58. The standard InChI is InChI=1S/C11H11BrN2OS2/c1-6(15)8-3-4-10(9(12)5-8)16-11-13-7(2)14-17-11/h3-6,15H,1-2H3/t6-/m1/s1. The fraction of sp³-hybridized carbons (Fsp3) is 0.273. The monoisotopic (exact) mass is 330 g/mol. The Kier molecular flexibility index (Phi) is 4.19. The molecule has 1 heterocycles. The third-order valence-corrected chi connectivity index (χ3v) is 4.98. The molecule has 3 nitrogen and oxygen atoms in total. The van der Waals surface area contributed by atoms with Gasteiger partial charge in [-0.05, 0) is 59.0 Å². The number of aryl methyl sites for hydroxylation is 1. The zero-order valence-electron chi connectivity index (χ0n) is 9.35. The summed E-state index contributed by atoms with van der Waals surface area (Å²) in [4.78, 5) is 5.38. The predicted molar refractivity (Wildman–Crippen MR) is 73.5 cm³/mol. The highest BCUT2D eigenvalue weighted by Gasteiger charge is 2.09. The van der Waals surface area contributed by atoms with Crippen LogP contribution < -0.4 is 0 Å². The van der Waals surface area contributed by atoms with E-state index in [-0.39, 0.29) is 0 Å². The molecule has 1 aromatic carbocycles. The minimum Gasteiger partial charge on any atom is -0.389 e. The van der Waals surface area contributed by atoms with Crippen LogP contribution in [0, 0.1) is 6.92 Å². The van der Waals surface area contributed by atoms with Gasteiger partial charge in [-0.25, -0.2) is 4.98 Å². The first-order chi connectivity index (χ1) is 8.06. The Morgan fingerprint density at radius 1 is 1.47 bits per heavy atom. The Morgan fingerprint density at radius 2 is 2.24 bits per heavy atom. The highest BCUT2D eigenvalue weighted by Crippen LogP contribution is 2.35. The van der Waals surface area contributed by atoms with Crippen LogP contribution >= 0.6 is 39.2 Å². The highest BCUT2D eigenvalue weighted by molar-refractivity contribution is 9.10. The average molecular weight is 331 g/mol. The molecule has 1 atom stereocenters. The van der Waals surface area contributed by atoms with Crippen LogP contribution in [-0.4, -0.2) is 14.5 Å². The minimum absolute atomic E-state index is 0.450. The van der Waals surface area contributed by atoms with Crippen molar-refractivity contribution in [3.05, 3.63) is 34.1 Å². The maximum atomic E-state index is 9.48. The summed E-state index contributed by atoms with van der Waals surface area (Å²) in [5.74, 6) is 0.800. The van der Waals surface area contributed by atoms with E-state index in [9.17, 15) is 5.11 Å². The lowest BCUT2D eigenvalue weighted by Gasteiger charge is -2.07. The maximum absolute atomic E-state index is 9.48. The van der Waals surface area contributed by atoms with Gasteiger partial charge >= 0.3 is 0 Å². The first kappa shape index (κ1) is 13.0. The van der Waals surface area contributed by atoms with Gasteiger partial charge in [0.05, 0.1) is 6.10 Å². The summed E-state index contributed by atoms with van der Waals surface area (Å²) in [5, 5.41) is 9.48. The Morgan fingerprint density at radius 3 is 2.76 bits per heavy atom. The number of hydrogen-bond donors (Lipinski definition) is 1. The van der Waals surface area contributed by atoms with Crippen LogP contribution in [0.25, 0.3) is 0 Å². The number of hydrogen-bond acceptors (Lipinski definition) is 5. The van der Waals surface area contributed by atoms with Gasteiger partial charge in [0.15, 0.2) is 4.34 Å². The summed E-state index contributed by atoms with van der Waals surface area (Å²) in [6.07, 6.45) is -0.450. The lowest BCUT2D eigenvalue weighted by Crippen LogP contribution is -1.90.